The molecular weight excluding hydrogens is 431 g/mol. The molecule has 1 aromatic heterocycles. The molecule has 0 unspecified atom stereocenters. The van der Waals surface area contributed by atoms with Gasteiger partial charge in [0, 0.05) is 24.7 Å². The van der Waals surface area contributed by atoms with Gasteiger partial charge in [-0.3, -0.25) is 19.5 Å². The minimum atomic E-state index is -0.350. The summed E-state index contributed by atoms with van der Waals surface area (Å²) in [5, 5.41) is 2.84. The number of imidazole rings is 1. The number of carbonyl (C=O) groups excluding carboxylic acids is 2. The van der Waals surface area contributed by atoms with Gasteiger partial charge >= 0.3 is 0 Å². The summed E-state index contributed by atoms with van der Waals surface area (Å²) in [4.78, 5) is 31.9. The molecule has 7 heteroatoms. The van der Waals surface area contributed by atoms with Crippen LogP contribution in [0.1, 0.15) is 39.7 Å². The molecule has 34 heavy (non-hydrogen) atoms. The van der Waals surface area contributed by atoms with E-state index in [2.05, 4.69) is 10.3 Å². The van der Waals surface area contributed by atoms with Gasteiger partial charge in [-0.05, 0) is 36.5 Å². The largest absolute Gasteiger partial charge is 0.333 e. The van der Waals surface area contributed by atoms with Crippen LogP contribution in [-0.4, -0.2) is 39.4 Å². The number of hydrogen-bond acceptors (Lipinski definition) is 3. The SMILES string of the molecule is Cc1ccc(-n2cc(-c3ccccc3)nc2NC(=O)CN(CC(C)C)C(=O)CC(C)C)cc1F. The Balaban J connectivity index is 1.90. The van der Waals surface area contributed by atoms with Crippen LogP contribution in [-0.2, 0) is 9.59 Å². The van der Waals surface area contributed by atoms with E-state index in [1.165, 1.54) is 6.07 Å². The molecule has 0 aliphatic rings. The number of aryl methyl sites for hydroxylation is 1. The topological polar surface area (TPSA) is 67.2 Å². The monoisotopic (exact) mass is 464 g/mol. The number of benzene rings is 2. The lowest BCUT2D eigenvalue weighted by atomic mass is 10.1. The van der Waals surface area contributed by atoms with E-state index in [0.717, 1.165) is 5.56 Å². The molecule has 0 spiro atoms. The number of nitrogens with one attached hydrogen (secondary N) is 1. The fourth-order valence-electron chi connectivity index (χ4n) is 3.66. The number of anilines is 1. The van der Waals surface area contributed by atoms with Gasteiger partial charge in [-0.15, -0.1) is 0 Å². The second-order valence-electron chi connectivity index (χ2n) is 9.43. The molecule has 3 aromatic rings. The van der Waals surface area contributed by atoms with Crippen LogP contribution in [0.15, 0.2) is 54.7 Å². The molecule has 180 valence electrons. The van der Waals surface area contributed by atoms with E-state index in [0.29, 0.717) is 29.9 Å². The summed E-state index contributed by atoms with van der Waals surface area (Å²) in [6.45, 7) is 10.1. The zero-order chi connectivity index (χ0) is 24.8. The van der Waals surface area contributed by atoms with Crippen molar-refractivity contribution in [3.8, 4) is 16.9 Å². The second-order valence-corrected chi connectivity index (χ2v) is 9.43. The third kappa shape index (κ3) is 6.53. The molecule has 0 aliphatic heterocycles. The van der Waals surface area contributed by atoms with Gasteiger partial charge in [0.2, 0.25) is 17.8 Å². The molecule has 6 nitrogen and oxygen atoms in total. The Hall–Kier alpha value is -3.48. The van der Waals surface area contributed by atoms with Crippen molar-refractivity contribution in [2.45, 2.75) is 41.0 Å². The highest BCUT2D eigenvalue weighted by Gasteiger charge is 2.21. The molecule has 1 N–H and O–H groups in total. The predicted octanol–water partition coefficient (Wildman–Crippen LogP) is 5.46. The number of aromatic nitrogens is 2. The van der Waals surface area contributed by atoms with Crippen LogP contribution in [0.5, 0.6) is 0 Å². The summed E-state index contributed by atoms with van der Waals surface area (Å²) < 4.78 is 16.0. The number of amides is 2. The van der Waals surface area contributed by atoms with Gasteiger partial charge in [0.1, 0.15) is 5.82 Å². The summed E-state index contributed by atoms with van der Waals surface area (Å²) >= 11 is 0. The summed E-state index contributed by atoms with van der Waals surface area (Å²) in [5.74, 6) is -0.0373. The standard InChI is InChI=1S/C27H33FN4O2/c1-18(2)13-26(34)31(15-19(3)4)17-25(33)30-27-29-24(21-9-7-6-8-10-21)16-32(27)22-12-11-20(5)23(28)14-22/h6-12,14,16,18-19H,13,15,17H2,1-5H3,(H,29,30,33). The number of hydrogen-bond donors (Lipinski definition) is 1. The average molecular weight is 465 g/mol. The Morgan fingerprint density at radius 1 is 1.06 bits per heavy atom. The third-order valence-electron chi connectivity index (χ3n) is 5.32. The number of rotatable bonds is 9. The first-order valence-corrected chi connectivity index (χ1v) is 11.6. The fraction of sp³-hybridized carbons (Fsp3) is 0.370. The first-order valence-electron chi connectivity index (χ1n) is 11.6. The predicted molar refractivity (Wildman–Crippen MR) is 133 cm³/mol. The molecule has 2 amide bonds. The molecule has 0 atom stereocenters. The molecule has 0 fully saturated rings. The lowest BCUT2D eigenvalue weighted by Gasteiger charge is -2.25. The lowest BCUT2D eigenvalue weighted by molar-refractivity contribution is -0.135. The van der Waals surface area contributed by atoms with Gasteiger partial charge in [-0.1, -0.05) is 64.1 Å². The van der Waals surface area contributed by atoms with Crippen LogP contribution < -0.4 is 5.32 Å². The maximum absolute atomic E-state index is 14.3. The second kappa shape index (κ2) is 11.1. The molecule has 1 heterocycles. The van der Waals surface area contributed by atoms with Crippen LogP contribution in [0.3, 0.4) is 0 Å². The zero-order valence-corrected chi connectivity index (χ0v) is 20.5. The summed E-state index contributed by atoms with van der Waals surface area (Å²) in [5.41, 5.74) is 2.60. The molecule has 0 saturated heterocycles. The zero-order valence-electron chi connectivity index (χ0n) is 20.5. The van der Waals surface area contributed by atoms with E-state index in [-0.39, 0.29) is 42.0 Å². The normalized spacial score (nSPS) is 11.2. The Bertz CT molecular complexity index is 1140. The Morgan fingerprint density at radius 2 is 1.76 bits per heavy atom. The maximum atomic E-state index is 14.3. The molecule has 0 saturated carbocycles. The van der Waals surface area contributed by atoms with E-state index in [9.17, 15) is 14.0 Å². The highest BCUT2D eigenvalue weighted by molar-refractivity contribution is 5.94. The van der Waals surface area contributed by atoms with Crippen molar-refractivity contribution in [3.63, 3.8) is 0 Å². The molecule has 0 aliphatic carbocycles. The Morgan fingerprint density at radius 3 is 2.38 bits per heavy atom. The van der Waals surface area contributed by atoms with Crippen molar-refractivity contribution in [3.05, 3.63) is 66.1 Å². The molecule has 0 radical (unpaired) electrons. The van der Waals surface area contributed by atoms with Crippen molar-refractivity contribution < 1.29 is 14.0 Å². The van der Waals surface area contributed by atoms with Crippen LogP contribution in [0.4, 0.5) is 10.3 Å². The van der Waals surface area contributed by atoms with E-state index < -0.39 is 0 Å². The number of nitrogens with zero attached hydrogens (tertiary/aromatic N) is 3. The van der Waals surface area contributed by atoms with Gasteiger partial charge in [0.15, 0.2) is 0 Å². The maximum Gasteiger partial charge on any atom is 0.246 e. The quantitative estimate of drug-likeness (QED) is 0.458. The Kier molecular flexibility index (Phi) is 8.21. The Labute approximate surface area is 200 Å². The molecule has 0 bridgehead atoms. The summed E-state index contributed by atoms with van der Waals surface area (Å²) in [6.07, 6.45) is 2.15. The van der Waals surface area contributed by atoms with Crippen molar-refractivity contribution in [2.75, 3.05) is 18.4 Å². The number of halogens is 1. The highest BCUT2D eigenvalue weighted by Crippen LogP contribution is 2.25. The van der Waals surface area contributed by atoms with Crippen LogP contribution in [0.2, 0.25) is 0 Å². The lowest BCUT2D eigenvalue weighted by Crippen LogP contribution is -2.40. The van der Waals surface area contributed by atoms with Gasteiger partial charge < -0.3 is 4.90 Å². The summed E-state index contributed by atoms with van der Waals surface area (Å²) in [6, 6.07) is 14.4. The third-order valence-corrected chi connectivity index (χ3v) is 5.32. The van der Waals surface area contributed by atoms with E-state index in [1.807, 2.05) is 58.0 Å². The minimum absolute atomic E-state index is 0.0484. The fourth-order valence-corrected chi connectivity index (χ4v) is 3.66. The first kappa shape index (κ1) is 25.1. The van der Waals surface area contributed by atoms with E-state index >= 15 is 0 Å². The molecule has 2 aromatic carbocycles. The van der Waals surface area contributed by atoms with Gasteiger partial charge in [-0.25, -0.2) is 9.37 Å². The van der Waals surface area contributed by atoms with E-state index in [4.69, 9.17) is 0 Å². The summed E-state index contributed by atoms with van der Waals surface area (Å²) in [7, 11) is 0. The van der Waals surface area contributed by atoms with Crippen LogP contribution in [0.25, 0.3) is 16.9 Å². The molecular formula is C27H33FN4O2. The van der Waals surface area contributed by atoms with Crippen molar-refractivity contribution >= 4 is 17.8 Å². The molecule has 3 rings (SSSR count). The smallest absolute Gasteiger partial charge is 0.246 e. The van der Waals surface area contributed by atoms with Gasteiger partial charge in [0.05, 0.1) is 17.9 Å². The van der Waals surface area contributed by atoms with Crippen molar-refractivity contribution in [2.24, 2.45) is 11.8 Å². The van der Waals surface area contributed by atoms with Crippen molar-refractivity contribution in [1.29, 1.82) is 0 Å². The van der Waals surface area contributed by atoms with Crippen LogP contribution in [0, 0.1) is 24.6 Å². The van der Waals surface area contributed by atoms with Gasteiger partial charge in [-0.2, -0.15) is 0 Å². The number of carbonyl (C=O) groups is 2. The van der Waals surface area contributed by atoms with Crippen molar-refractivity contribution in [1.82, 2.24) is 14.5 Å². The average Bonchev–Trinajstić information content (AvgIpc) is 3.18. The highest BCUT2D eigenvalue weighted by atomic mass is 19.1. The van der Waals surface area contributed by atoms with Gasteiger partial charge in [0.25, 0.3) is 0 Å². The first-order chi connectivity index (χ1) is 16.1. The minimum Gasteiger partial charge on any atom is -0.333 e. The van der Waals surface area contributed by atoms with Crippen LogP contribution >= 0.6 is 0 Å². The van der Waals surface area contributed by atoms with E-state index in [1.54, 1.807) is 34.7 Å².